The van der Waals surface area contributed by atoms with Gasteiger partial charge in [0, 0.05) is 0 Å². The Balaban J connectivity index is 2.61. The summed E-state index contributed by atoms with van der Waals surface area (Å²) in [5, 5.41) is 3.68. The number of nitrogens with one attached hydrogen (secondary N) is 1. The van der Waals surface area contributed by atoms with Crippen molar-refractivity contribution in [3.63, 3.8) is 0 Å². The van der Waals surface area contributed by atoms with Crippen LogP contribution in [-0.2, 0) is 0 Å². The standard InChI is InChI=1S/C18H37N/c1-6-11-19-13-17-10-9-16(14(4)5)12-18(17)15(7-2)8-3/h14-19H,6-13H2,1-5H3. The first-order chi connectivity index (χ1) is 9.13. The van der Waals surface area contributed by atoms with Crippen LogP contribution in [0.25, 0.3) is 0 Å². The van der Waals surface area contributed by atoms with E-state index in [4.69, 9.17) is 0 Å². The van der Waals surface area contributed by atoms with E-state index in [9.17, 15) is 0 Å². The van der Waals surface area contributed by atoms with Crippen LogP contribution in [0.5, 0.6) is 0 Å². The van der Waals surface area contributed by atoms with E-state index in [0.29, 0.717) is 0 Å². The zero-order valence-electron chi connectivity index (χ0n) is 14.0. The molecule has 0 bridgehead atoms. The molecule has 1 nitrogen and oxygen atoms in total. The molecular formula is C18H37N. The van der Waals surface area contributed by atoms with Crippen LogP contribution in [0.1, 0.15) is 73.1 Å². The molecule has 3 unspecified atom stereocenters. The Kier molecular flexibility index (Phi) is 8.06. The number of rotatable bonds is 8. The van der Waals surface area contributed by atoms with E-state index < -0.39 is 0 Å². The van der Waals surface area contributed by atoms with Crippen molar-refractivity contribution in [2.24, 2.45) is 29.6 Å². The van der Waals surface area contributed by atoms with Crippen molar-refractivity contribution in [1.82, 2.24) is 5.32 Å². The predicted molar refractivity (Wildman–Crippen MR) is 86.4 cm³/mol. The fourth-order valence-corrected chi connectivity index (χ4v) is 4.10. The van der Waals surface area contributed by atoms with Gasteiger partial charge < -0.3 is 5.32 Å². The molecule has 0 saturated heterocycles. The molecule has 0 spiro atoms. The van der Waals surface area contributed by atoms with Crippen molar-refractivity contribution in [2.75, 3.05) is 13.1 Å². The van der Waals surface area contributed by atoms with Gasteiger partial charge in [-0.05, 0) is 68.4 Å². The summed E-state index contributed by atoms with van der Waals surface area (Å²) in [7, 11) is 0. The fraction of sp³-hybridized carbons (Fsp3) is 1.00. The highest BCUT2D eigenvalue weighted by molar-refractivity contribution is 4.86. The molecule has 3 atom stereocenters. The predicted octanol–water partition coefficient (Wildman–Crippen LogP) is 5.11. The molecule has 0 aromatic carbocycles. The largest absolute Gasteiger partial charge is 0.316 e. The molecule has 0 aromatic heterocycles. The Hall–Kier alpha value is -0.0400. The van der Waals surface area contributed by atoms with E-state index in [2.05, 4.69) is 39.9 Å². The topological polar surface area (TPSA) is 12.0 Å². The van der Waals surface area contributed by atoms with Crippen molar-refractivity contribution < 1.29 is 0 Å². The SMILES string of the molecule is CCCNCC1CCC(C(C)C)CC1C(CC)CC. The van der Waals surface area contributed by atoms with E-state index in [1.807, 2.05) is 0 Å². The van der Waals surface area contributed by atoms with E-state index in [-0.39, 0.29) is 0 Å². The van der Waals surface area contributed by atoms with Gasteiger partial charge in [-0.3, -0.25) is 0 Å². The third-order valence-electron chi connectivity index (χ3n) is 5.52. The minimum atomic E-state index is 0.876. The molecule has 1 saturated carbocycles. The van der Waals surface area contributed by atoms with E-state index in [1.54, 1.807) is 0 Å². The molecule has 114 valence electrons. The van der Waals surface area contributed by atoms with Gasteiger partial charge in [0.2, 0.25) is 0 Å². The Morgan fingerprint density at radius 2 is 1.74 bits per heavy atom. The normalized spacial score (nSPS) is 28.3. The lowest BCUT2D eigenvalue weighted by Crippen LogP contribution is -2.38. The molecule has 0 aromatic rings. The molecule has 19 heavy (non-hydrogen) atoms. The van der Waals surface area contributed by atoms with Crippen LogP contribution >= 0.6 is 0 Å². The second-order valence-electron chi connectivity index (χ2n) is 7.02. The zero-order valence-corrected chi connectivity index (χ0v) is 14.0. The molecule has 0 radical (unpaired) electrons. The van der Waals surface area contributed by atoms with Gasteiger partial charge in [0.1, 0.15) is 0 Å². The van der Waals surface area contributed by atoms with Crippen molar-refractivity contribution in [3.05, 3.63) is 0 Å². The number of hydrogen-bond donors (Lipinski definition) is 1. The number of hydrogen-bond acceptors (Lipinski definition) is 1. The molecule has 0 amide bonds. The van der Waals surface area contributed by atoms with Crippen LogP contribution in [0.2, 0.25) is 0 Å². The summed E-state index contributed by atoms with van der Waals surface area (Å²) >= 11 is 0. The van der Waals surface area contributed by atoms with Crippen LogP contribution in [0.4, 0.5) is 0 Å². The lowest BCUT2D eigenvalue weighted by molar-refractivity contribution is 0.0928. The van der Waals surface area contributed by atoms with Crippen molar-refractivity contribution >= 4 is 0 Å². The average molecular weight is 268 g/mol. The van der Waals surface area contributed by atoms with E-state index in [1.165, 1.54) is 51.6 Å². The average Bonchev–Trinajstić information content (AvgIpc) is 2.41. The first kappa shape index (κ1) is 17.0. The molecule has 1 aliphatic carbocycles. The summed E-state index contributed by atoms with van der Waals surface area (Å²) in [6.45, 7) is 14.3. The smallest absolute Gasteiger partial charge is 0.00178 e. The van der Waals surface area contributed by atoms with Crippen LogP contribution in [0, 0.1) is 29.6 Å². The lowest BCUT2D eigenvalue weighted by atomic mass is 9.65. The van der Waals surface area contributed by atoms with Gasteiger partial charge in [0.25, 0.3) is 0 Å². The van der Waals surface area contributed by atoms with E-state index in [0.717, 1.165) is 29.6 Å². The lowest BCUT2D eigenvalue weighted by Gasteiger charge is -2.42. The van der Waals surface area contributed by atoms with Crippen molar-refractivity contribution in [3.8, 4) is 0 Å². The summed E-state index contributed by atoms with van der Waals surface area (Å²) in [6, 6.07) is 0. The highest BCUT2D eigenvalue weighted by atomic mass is 14.9. The molecule has 1 rings (SSSR count). The monoisotopic (exact) mass is 267 g/mol. The summed E-state index contributed by atoms with van der Waals surface area (Å²) < 4.78 is 0. The van der Waals surface area contributed by atoms with Crippen LogP contribution < -0.4 is 5.32 Å². The highest BCUT2D eigenvalue weighted by Gasteiger charge is 2.34. The van der Waals surface area contributed by atoms with Gasteiger partial charge in [0.05, 0.1) is 0 Å². The second kappa shape index (κ2) is 9.00. The third-order valence-corrected chi connectivity index (χ3v) is 5.52. The summed E-state index contributed by atoms with van der Waals surface area (Å²) in [4.78, 5) is 0. The molecule has 0 aliphatic heterocycles. The maximum absolute atomic E-state index is 3.68. The molecule has 1 N–H and O–H groups in total. The maximum Gasteiger partial charge on any atom is -0.00178 e. The third kappa shape index (κ3) is 5.10. The van der Waals surface area contributed by atoms with Crippen molar-refractivity contribution in [1.29, 1.82) is 0 Å². The van der Waals surface area contributed by atoms with Gasteiger partial charge in [-0.25, -0.2) is 0 Å². The quantitative estimate of drug-likeness (QED) is 0.603. The molecule has 1 heteroatoms. The van der Waals surface area contributed by atoms with Gasteiger partial charge in [0.15, 0.2) is 0 Å². The highest BCUT2D eigenvalue weighted by Crippen LogP contribution is 2.42. The summed E-state index contributed by atoms with van der Waals surface area (Å²) in [5.41, 5.74) is 0. The summed E-state index contributed by atoms with van der Waals surface area (Å²) in [5.74, 6) is 4.72. The Morgan fingerprint density at radius 3 is 2.26 bits per heavy atom. The molecule has 0 heterocycles. The van der Waals surface area contributed by atoms with Gasteiger partial charge in [-0.1, -0.05) is 47.5 Å². The van der Waals surface area contributed by atoms with Gasteiger partial charge in [-0.15, -0.1) is 0 Å². The Morgan fingerprint density at radius 1 is 1.05 bits per heavy atom. The Labute approximate surface area is 121 Å². The minimum Gasteiger partial charge on any atom is -0.316 e. The molecule has 1 fully saturated rings. The zero-order chi connectivity index (χ0) is 14.3. The minimum absolute atomic E-state index is 0.876. The summed E-state index contributed by atoms with van der Waals surface area (Å²) in [6.07, 6.45) is 8.42. The first-order valence-corrected chi connectivity index (χ1v) is 8.84. The maximum atomic E-state index is 3.68. The molecular weight excluding hydrogens is 230 g/mol. The van der Waals surface area contributed by atoms with Crippen molar-refractivity contribution in [2.45, 2.75) is 73.1 Å². The van der Waals surface area contributed by atoms with Gasteiger partial charge in [-0.2, -0.15) is 0 Å². The Bertz CT molecular complexity index is 220. The second-order valence-corrected chi connectivity index (χ2v) is 7.02. The fourth-order valence-electron chi connectivity index (χ4n) is 4.10. The molecule has 1 aliphatic rings. The van der Waals surface area contributed by atoms with E-state index >= 15 is 0 Å². The van der Waals surface area contributed by atoms with Crippen LogP contribution in [0.15, 0.2) is 0 Å². The van der Waals surface area contributed by atoms with Crippen LogP contribution in [0.3, 0.4) is 0 Å². The van der Waals surface area contributed by atoms with Crippen LogP contribution in [-0.4, -0.2) is 13.1 Å². The van der Waals surface area contributed by atoms with Gasteiger partial charge >= 0.3 is 0 Å². The first-order valence-electron chi connectivity index (χ1n) is 8.84.